The van der Waals surface area contributed by atoms with E-state index in [0.717, 1.165) is 52.1 Å². The summed E-state index contributed by atoms with van der Waals surface area (Å²) in [4.78, 5) is 26.6. The molecule has 2 aromatic heterocycles. The molecule has 3 aromatic carbocycles. The number of benzene rings is 3. The first-order chi connectivity index (χ1) is 19.2. The molecule has 3 heterocycles. The van der Waals surface area contributed by atoms with E-state index in [9.17, 15) is 4.79 Å². The molecule has 6 rings (SSSR count). The normalized spacial score (nSPS) is 13.9. The van der Waals surface area contributed by atoms with Crippen LogP contribution in [0.15, 0.2) is 77.3 Å². The summed E-state index contributed by atoms with van der Waals surface area (Å²) in [6.07, 6.45) is 1.69. The van der Waals surface area contributed by atoms with Crippen LogP contribution in [0.2, 0.25) is 0 Å². The van der Waals surface area contributed by atoms with Gasteiger partial charge in [0.05, 0.1) is 6.61 Å². The van der Waals surface area contributed by atoms with Crippen LogP contribution in [0.5, 0.6) is 0 Å². The Kier molecular flexibility index (Phi) is 7.19. The number of piperazine rings is 1. The van der Waals surface area contributed by atoms with E-state index in [4.69, 9.17) is 14.2 Å². The van der Waals surface area contributed by atoms with E-state index >= 15 is 0 Å². The second kappa shape index (κ2) is 11.2. The molecule has 0 spiro atoms. The van der Waals surface area contributed by atoms with Gasteiger partial charge in [-0.2, -0.15) is 4.98 Å². The molecule has 0 atom stereocenters. The lowest BCUT2D eigenvalue weighted by atomic mass is 10.0. The summed E-state index contributed by atoms with van der Waals surface area (Å²) in [5.41, 5.74) is 3.26. The maximum Gasteiger partial charge on any atom is 0.263 e. The van der Waals surface area contributed by atoms with Crippen molar-refractivity contribution >= 4 is 33.6 Å². The first-order valence-electron chi connectivity index (χ1n) is 13.5. The van der Waals surface area contributed by atoms with Crippen LogP contribution in [0.3, 0.4) is 0 Å². The van der Waals surface area contributed by atoms with Crippen molar-refractivity contribution < 1.29 is 14.1 Å². The predicted molar refractivity (Wildman–Crippen MR) is 151 cm³/mol. The zero-order chi connectivity index (χ0) is 26.6. The van der Waals surface area contributed by atoms with Crippen molar-refractivity contribution in [1.29, 1.82) is 0 Å². The van der Waals surface area contributed by atoms with Gasteiger partial charge < -0.3 is 19.1 Å². The number of hydrogen-bond acceptors (Lipinski definition) is 7. The minimum Gasteiger partial charge on any atom is -0.367 e. The summed E-state index contributed by atoms with van der Waals surface area (Å²) < 4.78 is 11.5. The molecule has 5 aromatic rings. The van der Waals surface area contributed by atoms with Gasteiger partial charge in [0.25, 0.3) is 5.71 Å². The van der Waals surface area contributed by atoms with Gasteiger partial charge >= 0.3 is 0 Å². The summed E-state index contributed by atoms with van der Waals surface area (Å²) in [5, 5.41) is 7.57. The SMILES string of the molecule is CCCc1nc(N2CCN(C(=O)COCc3ccccc3)CC2)c2c(-c3ccc4ccccc4c3)noc2n1. The number of nitrogens with zero attached hydrogens (tertiary/aromatic N) is 5. The number of amides is 1. The molecule has 1 saturated heterocycles. The second-order valence-corrected chi connectivity index (χ2v) is 9.83. The van der Waals surface area contributed by atoms with E-state index in [0.29, 0.717) is 38.5 Å². The average Bonchev–Trinajstić information content (AvgIpc) is 3.41. The highest BCUT2D eigenvalue weighted by Gasteiger charge is 2.27. The van der Waals surface area contributed by atoms with E-state index in [1.54, 1.807) is 0 Å². The van der Waals surface area contributed by atoms with Crippen molar-refractivity contribution in [2.45, 2.75) is 26.4 Å². The number of aryl methyl sites for hydroxylation is 1. The van der Waals surface area contributed by atoms with Crippen LogP contribution in [0.25, 0.3) is 33.1 Å². The largest absolute Gasteiger partial charge is 0.367 e. The van der Waals surface area contributed by atoms with Crippen LogP contribution in [-0.2, 0) is 22.6 Å². The molecule has 1 amide bonds. The Morgan fingerprint density at radius 3 is 2.49 bits per heavy atom. The fraction of sp³-hybridized carbons (Fsp3) is 0.290. The van der Waals surface area contributed by atoms with Gasteiger partial charge in [-0.05, 0) is 28.8 Å². The van der Waals surface area contributed by atoms with E-state index in [-0.39, 0.29) is 12.5 Å². The minimum absolute atomic E-state index is 0.00641. The number of anilines is 1. The van der Waals surface area contributed by atoms with Crippen LogP contribution in [0.1, 0.15) is 24.7 Å². The Morgan fingerprint density at radius 2 is 1.69 bits per heavy atom. The monoisotopic (exact) mass is 521 g/mol. The Balaban J connectivity index is 1.22. The number of carbonyl (C=O) groups excluding carboxylic acids is 1. The highest BCUT2D eigenvalue weighted by molar-refractivity contribution is 6.00. The molecule has 0 radical (unpaired) electrons. The van der Waals surface area contributed by atoms with Crippen molar-refractivity contribution in [2.75, 3.05) is 37.7 Å². The van der Waals surface area contributed by atoms with Crippen molar-refractivity contribution in [2.24, 2.45) is 0 Å². The molecular weight excluding hydrogens is 490 g/mol. The summed E-state index contributed by atoms with van der Waals surface area (Å²) in [6, 6.07) is 24.4. The summed E-state index contributed by atoms with van der Waals surface area (Å²) >= 11 is 0. The number of aromatic nitrogens is 3. The summed E-state index contributed by atoms with van der Waals surface area (Å²) in [6.45, 7) is 5.12. The summed E-state index contributed by atoms with van der Waals surface area (Å²) in [5.74, 6) is 1.57. The van der Waals surface area contributed by atoms with E-state index < -0.39 is 0 Å². The van der Waals surface area contributed by atoms with Gasteiger partial charge in [-0.1, -0.05) is 78.8 Å². The molecule has 198 valence electrons. The smallest absolute Gasteiger partial charge is 0.263 e. The molecule has 0 saturated carbocycles. The zero-order valence-corrected chi connectivity index (χ0v) is 22.0. The van der Waals surface area contributed by atoms with Crippen molar-refractivity contribution in [3.05, 3.63) is 84.2 Å². The molecule has 0 bridgehead atoms. The molecule has 0 unspecified atom stereocenters. The van der Waals surface area contributed by atoms with Crippen molar-refractivity contribution in [3.8, 4) is 11.3 Å². The zero-order valence-electron chi connectivity index (χ0n) is 22.0. The lowest BCUT2D eigenvalue weighted by Crippen LogP contribution is -2.50. The lowest BCUT2D eigenvalue weighted by Gasteiger charge is -2.35. The fourth-order valence-corrected chi connectivity index (χ4v) is 5.07. The third kappa shape index (κ3) is 5.33. The molecule has 1 aliphatic heterocycles. The third-order valence-corrected chi connectivity index (χ3v) is 7.13. The number of carbonyl (C=O) groups is 1. The van der Waals surface area contributed by atoms with Crippen LogP contribution in [0.4, 0.5) is 5.82 Å². The van der Waals surface area contributed by atoms with Crippen LogP contribution >= 0.6 is 0 Å². The maximum absolute atomic E-state index is 12.8. The first-order valence-corrected chi connectivity index (χ1v) is 13.5. The molecule has 1 fully saturated rings. The molecule has 39 heavy (non-hydrogen) atoms. The van der Waals surface area contributed by atoms with Gasteiger partial charge in [0, 0.05) is 38.2 Å². The minimum atomic E-state index is 0.00641. The van der Waals surface area contributed by atoms with E-state index in [1.807, 2.05) is 47.4 Å². The molecule has 8 heteroatoms. The fourth-order valence-electron chi connectivity index (χ4n) is 5.07. The van der Waals surface area contributed by atoms with E-state index in [2.05, 4.69) is 52.3 Å². The van der Waals surface area contributed by atoms with Gasteiger partial charge in [-0.15, -0.1) is 0 Å². The number of hydrogen-bond donors (Lipinski definition) is 0. The highest BCUT2D eigenvalue weighted by Crippen LogP contribution is 2.35. The van der Waals surface area contributed by atoms with E-state index in [1.165, 1.54) is 5.39 Å². The first kappa shape index (κ1) is 25.0. The molecular formula is C31H31N5O3. The summed E-state index contributed by atoms with van der Waals surface area (Å²) in [7, 11) is 0. The number of rotatable bonds is 8. The predicted octanol–water partition coefficient (Wildman–Crippen LogP) is 5.26. The Bertz CT molecular complexity index is 1590. The number of fused-ring (bicyclic) bond motifs is 2. The third-order valence-electron chi connectivity index (χ3n) is 7.13. The van der Waals surface area contributed by atoms with Crippen molar-refractivity contribution in [3.63, 3.8) is 0 Å². The molecule has 1 aliphatic rings. The second-order valence-electron chi connectivity index (χ2n) is 9.83. The molecule has 0 aliphatic carbocycles. The molecule has 8 nitrogen and oxygen atoms in total. The molecule has 0 N–H and O–H groups in total. The lowest BCUT2D eigenvalue weighted by molar-refractivity contribution is -0.136. The van der Waals surface area contributed by atoms with Crippen LogP contribution < -0.4 is 4.90 Å². The van der Waals surface area contributed by atoms with Gasteiger partial charge in [0.2, 0.25) is 5.91 Å². The average molecular weight is 522 g/mol. The maximum atomic E-state index is 12.8. The van der Waals surface area contributed by atoms with Gasteiger partial charge in [-0.3, -0.25) is 4.79 Å². The van der Waals surface area contributed by atoms with Gasteiger partial charge in [0.15, 0.2) is 0 Å². The topological polar surface area (TPSA) is 84.6 Å². The van der Waals surface area contributed by atoms with Gasteiger partial charge in [-0.25, -0.2) is 4.98 Å². The van der Waals surface area contributed by atoms with Crippen molar-refractivity contribution in [1.82, 2.24) is 20.0 Å². The van der Waals surface area contributed by atoms with Crippen LogP contribution in [0, 0.1) is 0 Å². The standard InChI is InChI=1S/C31H31N5O3/c1-2-8-26-32-30(36-17-15-35(16-18-36)27(37)21-38-20-22-9-4-3-5-10-22)28-29(34-39-31(28)33-26)25-14-13-23-11-6-7-12-24(23)19-25/h3-7,9-14,19H,2,8,15-18,20-21H2,1H3. The van der Waals surface area contributed by atoms with Gasteiger partial charge in [0.1, 0.15) is 29.3 Å². The van der Waals surface area contributed by atoms with Crippen LogP contribution in [-0.4, -0.2) is 58.7 Å². The Morgan fingerprint density at radius 1 is 0.923 bits per heavy atom. The Hall–Kier alpha value is -4.30. The number of ether oxygens (including phenoxy) is 1. The Labute approximate surface area is 227 Å². The quantitative estimate of drug-likeness (QED) is 0.276. The highest BCUT2D eigenvalue weighted by atomic mass is 16.5.